The van der Waals surface area contributed by atoms with Crippen LogP contribution in [0.25, 0.3) is 11.1 Å². The number of likely N-dealkylation sites (tertiary alicyclic amines) is 1. The lowest BCUT2D eigenvalue weighted by Crippen LogP contribution is -2.49. The number of nitrogens with zero attached hydrogens (tertiary/aromatic N) is 1. The van der Waals surface area contributed by atoms with Crippen LogP contribution in [-0.4, -0.2) is 36.2 Å². The highest BCUT2D eigenvalue weighted by molar-refractivity contribution is 5.81. The number of carboxylic acid groups (broad SMARTS) is 1. The lowest BCUT2D eigenvalue weighted by Gasteiger charge is -2.29. The molecule has 0 aromatic heterocycles. The van der Waals surface area contributed by atoms with Crippen molar-refractivity contribution in [2.45, 2.75) is 24.3 Å². The summed E-state index contributed by atoms with van der Waals surface area (Å²) in [6.07, 6.45) is -0.0400. The fraction of sp³-hybridized carbons (Fsp3) is 0.231. The molecule has 0 radical (unpaired) electrons. The van der Waals surface area contributed by atoms with Gasteiger partial charge in [-0.1, -0.05) is 78.9 Å². The quantitative estimate of drug-likeness (QED) is 0.657. The van der Waals surface area contributed by atoms with E-state index in [4.69, 9.17) is 4.74 Å². The highest BCUT2D eigenvalue weighted by Crippen LogP contribution is 2.44. The molecular weight excluding hydrogens is 390 g/mol. The topological polar surface area (TPSA) is 69.7 Å². The summed E-state index contributed by atoms with van der Waals surface area (Å²) in [5, 5.41) is 11.9. The predicted molar refractivity (Wildman–Crippen MR) is 114 cm³/mol. The highest BCUT2D eigenvalue weighted by atomic mass is 16.6. The normalized spacial score (nSPS) is 19.7. The van der Waals surface area contributed by atoms with E-state index in [1.54, 1.807) is 0 Å². The zero-order valence-electron chi connectivity index (χ0n) is 16.9. The van der Waals surface area contributed by atoms with E-state index in [2.05, 4.69) is 24.3 Å². The van der Waals surface area contributed by atoms with E-state index in [1.165, 1.54) is 4.90 Å². The van der Waals surface area contributed by atoms with Gasteiger partial charge in [-0.05, 0) is 34.2 Å². The number of ether oxygens (including phenoxy) is 1. The van der Waals surface area contributed by atoms with Gasteiger partial charge in [0, 0.05) is 18.4 Å². The molecule has 1 heterocycles. The molecule has 0 saturated carbocycles. The van der Waals surface area contributed by atoms with Gasteiger partial charge >= 0.3 is 6.09 Å². The van der Waals surface area contributed by atoms with Gasteiger partial charge in [-0.25, -0.2) is 4.79 Å². The molecule has 5 rings (SSSR count). The van der Waals surface area contributed by atoms with Crippen LogP contribution in [0.3, 0.4) is 0 Å². The molecule has 1 fully saturated rings. The van der Waals surface area contributed by atoms with Crippen molar-refractivity contribution in [2.24, 2.45) is 0 Å². The van der Waals surface area contributed by atoms with Crippen LogP contribution in [0.15, 0.2) is 78.9 Å². The van der Waals surface area contributed by atoms with Crippen LogP contribution in [0.5, 0.6) is 0 Å². The standard InChI is InChI=1S/C26H23NO4/c28-25(29)24-18(17-8-2-1-3-9-17)14-15-27(24)26(30)31-16-23-21-12-6-4-10-19(21)20-11-5-7-13-22(20)23/h1-13,18,23-24H,14-16H2,(H,28,29)/p-1/t18-,24-/m1/s1. The fourth-order valence-corrected chi connectivity index (χ4v) is 5.01. The summed E-state index contributed by atoms with van der Waals surface area (Å²) in [7, 11) is 0. The van der Waals surface area contributed by atoms with E-state index in [0.717, 1.165) is 27.8 Å². The summed E-state index contributed by atoms with van der Waals surface area (Å²) in [6.45, 7) is 0.494. The minimum atomic E-state index is -1.25. The lowest BCUT2D eigenvalue weighted by atomic mass is 9.92. The van der Waals surface area contributed by atoms with E-state index in [-0.39, 0.29) is 18.4 Å². The second kappa shape index (κ2) is 7.91. The Kier molecular flexibility index (Phi) is 4.94. The Labute approximate surface area is 180 Å². The first-order valence-electron chi connectivity index (χ1n) is 10.5. The molecular formula is C26H22NO4-. The molecule has 1 aliphatic carbocycles. The van der Waals surface area contributed by atoms with E-state index in [9.17, 15) is 14.7 Å². The molecule has 1 aliphatic heterocycles. The Balaban J connectivity index is 1.35. The Morgan fingerprint density at radius 1 is 0.871 bits per heavy atom. The summed E-state index contributed by atoms with van der Waals surface area (Å²) in [5.74, 6) is -1.61. The van der Waals surface area contributed by atoms with E-state index >= 15 is 0 Å². The largest absolute Gasteiger partial charge is 0.548 e. The number of carbonyl (C=O) groups excluding carboxylic acids is 2. The van der Waals surface area contributed by atoms with E-state index in [0.29, 0.717) is 13.0 Å². The molecule has 5 nitrogen and oxygen atoms in total. The Morgan fingerprint density at radius 3 is 2.06 bits per heavy atom. The van der Waals surface area contributed by atoms with Crippen molar-refractivity contribution in [2.75, 3.05) is 13.2 Å². The molecule has 0 spiro atoms. The van der Waals surface area contributed by atoms with Gasteiger partial charge in [0.05, 0.1) is 12.0 Å². The molecule has 2 aliphatic rings. The maximum Gasteiger partial charge on any atom is 0.410 e. The summed E-state index contributed by atoms with van der Waals surface area (Å²) in [4.78, 5) is 26.2. The molecule has 0 unspecified atom stereocenters. The van der Waals surface area contributed by atoms with Crippen LogP contribution in [0, 0.1) is 0 Å². The summed E-state index contributed by atoms with van der Waals surface area (Å²) in [6, 6.07) is 24.6. The Morgan fingerprint density at radius 2 is 1.45 bits per heavy atom. The average Bonchev–Trinajstić information content (AvgIpc) is 3.38. The van der Waals surface area contributed by atoms with Crippen molar-refractivity contribution in [3.8, 4) is 11.1 Å². The number of aliphatic carboxylic acids is 1. The number of hydrogen-bond donors (Lipinski definition) is 0. The molecule has 1 saturated heterocycles. The first kappa shape index (κ1) is 19.4. The highest BCUT2D eigenvalue weighted by Gasteiger charge is 2.40. The van der Waals surface area contributed by atoms with Gasteiger partial charge in [-0.3, -0.25) is 4.90 Å². The van der Waals surface area contributed by atoms with Crippen molar-refractivity contribution in [1.29, 1.82) is 0 Å². The molecule has 156 valence electrons. The van der Waals surface area contributed by atoms with Crippen molar-refractivity contribution >= 4 is 12.1 Å². The third-order valence-electron chi connectivity index (χ3n) is 6.44. The number of carboxylic acids is 1. The first-order valence-corrected chi connectivity index (χ1v) is 10.5. The molecule has 1 amide bonds. The fourth-order valence-electron chi connectivity index (χ4n) is 5.01. The maximum absolute atomic E-state index is 12.9. The maximum atomic E-state index is 12.9. The SMILES string of the molecule is O=C([O-])[C@H]1[C@@H](c2ccccc2)CCN1C(=O)OCC1c2ccccc2-c2ccccc21. The third-order valence-corrected chi connectivity index (χ3v) is 6.44. The number of benzene rings is 3. The minimum absolute atomic E-state index is 0.0646. The van der Waals surface area contributed by atoms with Gasteiger partial charge in [-0.2, -0.15) is 0 Å². The van der Waals surface area contributed by atoms with Crippen molar-refractivity contribution in [1.82, 2.24) is 4.90 Å². The molecule has 5 heteroatoms. The summed E-state index contributed by atoms with van der Waals surface area (Å²) in [5.41, 5.74) is 5.44. The smallest absolute Gasteiger partial charge is 0.410 e. The third kappa shape index (κ3) is 3.36. The average molecular weight is 412 g/mol. The van der Waals surface area contributed by atoms with E-state index in [1.807, 2.05) is 54.6 Å². The molecule has 0 bridgehead atoms. The van der Waals surface area contributed by atoms with Gasteiger partial charge in [0.1, 0.15) is 6.61 Å². The second-order valence-electron chi connectivity index (χ2n) is 8.07. The van der Waals surface area contributed by atoms with Crippen LogP contribution in [0.1, 0.15) is 34.9 Å². The molecule has 3 aromatic carbocycles. The van der Waals surface area contributed by atoms with Crippen molar-refractivity contribution < 1.29 is 19.4 Å². The zero-order valence-corrected chi connectivity index (χ0v) is 16.9. The van der Waals surface area contributed by atoms with Crippen LogP contribution in [0.2, 0.25) is 0 Å². The number of carbonyl (C=O) groups is 2. The summed E-state index contributed by atoms with van der Waals surface area (Å²) >= 11 is 0. The van der Waals surface area contributed by atoms with Crippen LogP contribution >= 0.6 is 0 Å². The first-order chi connectivity index (χ1) is 15.1. The Hall–Kier alpha value is -3.60. The number of fused-ring (bicyclic) bond motifs is 3. The van der Waals surface area contributed by atoms with Crippen molar-refractivity contribution in [3.05, 3.63) is 95.6 Å². The lowest BCUT2D eigenvalue weighted by molar-refractivity contribution is -0.310. The molecule has 3 aromatic rings. The predicted octanol–water partition coefficient (Wildman–Crippen LogP) is 3.54. The minimum Gasteiger partial charge on any atom is -0.548 e. The van der Waals surface area contributed by atoms with Crippen LogP contribution in [-0.2, 0) is 9.53 Å². The van der Waals surface area contributed by atoms with Gasteiger partial charge < -0.3 is 14.6 Å². The van der Waals surface area contributed by atoms with Gasteiger partial charge in [0.25, 0.3) is 0 Å². The van der Waals surface area contributed by atoms with Gasteiger partial charge in [0.2, 0.25) is 0 Å². The number of hydrogen-bond acceptors (Lipinski definition) is 4. The van der Waals surface area contributed by atoms with Crippen molar-refractivity contribution in [3.63, 3.8) is 0 Å². The second-order valence-corrected chi connectivity index (χ2v) is 8.07. The van der Waals surface area contributed by atoms with Crippen LogP contribution in [0.4, 0.5) is 4.79 Å². The number of rotatable bonds is 4. The monoisotopic (exact) mass is 412 g/mol. The van der Waals surface area contributed by atoms with Gasteiger partial charge in [0.15, 0.2) is 0 Å². The van der Waals surface area contributed by atoms with E-state index < -0.39 is 18.1 Å². The number of amides is 1. The summed E-state index contributed by atoms with van der Waals surface area (Å²) < 4.78 is 5.68. The molecule has 0 N–H and O–H groups in total. The molecule has 2 atom stereocenters. The van der Waals surface area contributed by atoms with Gasteiger partial charge in [-0.15, -0.1) is 0 Å². The zero-order chi connectivity index (χ0) is 21.4. The Bertz CT molecular complexity index is 1080. The molecule has 31 heavy (non-hydrogen) atoms. The van der Waals surface area contributed by atoms with Crippen LogP contribution < -0.4 is 5.11 Å².